The maximum absolute atomic E-state index is 11.6. The Morgan fingerprint density at radius 2 is 1.87 bits per heavy atom. The molecule has 0 aromatic carbocycles. The molecule has 1 aliphatic rings. The molecule has 0 bridgehead atoms. The van der Waals surface area contributed by atoms with E-state index in [1.807, 2.05) is 11.8 Å². The summed E-state index contributed by atoms with van der Waals surface area (Å²) in [5.74, 6) is 1.65. The van der Waals surface area contributed by atoms with Gasteiger partial charge in [0.25, 0.3) is 0 Å². The SMILES string of the molecule is CCC(=O)CCC(=O)N1CC(C(C)C)C1. The molecule has 3 nitrogen and oxygen atoms in total. The van der Waals surface area contributed by atoms with Crippen LogP contribution in [0.1, 0.15) is 40.0 Å². The molecule has 0 unspecified atom stereocenters. The highest BCUT2D eigenvalue weighted by Crippen LogP contribution is 2.23. The van der Waals surface area contributed by atoms with Crippen LogP contribution in [0.15, 0.2) is 0 Å². The van der Waals surface area contributed by atoms with Gasteiger partial charge in [0.2, 0.25) is 5.91 Å². The van der Waals surface area contributed by atoms with Gasteiger partial charge in [-0.3, -0.25) is 9.59 Å². The van der Waals surface area contributed by atoms with E-state index in [0.717, 1.165) is 13.1 Å². The summed E-state index contributed by atoms with van der Waals surface area (Å²) in [5.41, 5.74) is 0. The van der Waals surface area contributed by atoms with Gasteiger partial charge in [0, 0.05) is 32.4 Å². The molecule has 1 fully saturated rings. The standard InChI is InChI=1S/C12H21NO2/c1-4-11(14)5-6-12(15)13-7-10(8-13)9(2)3/h9-10H,4-8H2,1-3H3. The molecule has 1 aliphatic heterocycles. The van der Waals surface area contributed by atoms with Crippen LogP contribution < -0.4 is 0 Å². The second-order valence-corrected chi connectivity index (χ2v) is 4.70. The molecule has 0 aromatic rings. The number of carbonyl (C=O) groups is 2. The van der Waals surface area contributed by atoms with Crippen LogP contribution in [0.3, 0.4) is 0 Å². The number of hydrogen-bond acceptors (Lipinski definition) is 2. The Morgan fingerprint density at radius 1 is 1.27 bits per heavy atom. The Kier molecular flexibility index (Phi) is 4.30. The van der Waals surface area contributed by atoms with E-state index < -0.39 is 0 Å². The van der Waals surface area contributed by atoms with Crippen LogP contribution in [-0.4, -0.2) is 29.7 Å². The lowest BCUT2D eigenvalue weighted by Crippen LogP contribution is -2.51. The first kappa shape index (κ1) is 12.2. The van der Waals surface area contributed by atoms with E-state index in [2.05, 4.69) is 13.8 Å². The second kappa shape index (κ2) is 5.29. The van der Waals surface area contributed by atoms with Gasteiger partial charge >= 0.3 is 0 Å². The quantitative estimate of drug-likeness (QED) is 0.696. The Labute approximate surface area is 91.8 Å². The second-order valence-electron chi connectivity index (χ2n) is 4.70. The molecule has 0 atom stereocenters. The largest absolute Gasteiger partial charge is 0.342 e. The lowest BCUT2D eigenvalue weighted by molar-refractivity contribution is -0.139. The van der Waals surface area contributed by atoms with Crippen molar-refractivity contribution >= 4 is 11.7 Å². The summed E-state index contributed by atoms with van der Waals surface area (Å²) in [6.07, 6.45) is 1.36. The number of hydrogen-bond donors (Lipinski definition) is 0. The van der Waals surface area contributed by atoms with Crippen molar-refractivity contribution in [1.29, 1.82) is 0 Å². The van der Waals surface area contributed by atoms with Gasteiger partial charge < -0.3 is 4.90 Å². The van der Waals surface area contributed by atoms with Crippen molar-refractivity contribution in [3.05, 3.63) is 0 Å². The van der Waals surface area contributed by atoms with Crippen LogP contribution in [0.2, 0.25) is 0 Å². The molecule has 0 spiro atoms. The van der Waals surface area contributed by atoms with E-state index in [9.17, 15) is 9.59 Å². The summed E-state index contributed by atoms with van der Waals surface area (Å²) in [6.45, 7) is 7.99. The molecule has 86 valence electrons. The highest BCUT2D eigenvalue weighted by molar-refractivity contribution is 5.85. The highest BCUT2D eigenvalue weighted by atomic mass is 16.2. The van der Waals surface area contributed by atoms with Gasteiger partial charge in [0.05, 0.1) is 0 Å². The van der Waals surface area contributed by atoms with Crippen molar-refractivity contribution in [2.24, 2.45) is 11.8 Å². The molecule has 1 saturated heterocycles. The van der Waals surface area contributed by atoms with E-state index in [1.165, 1.54) is 0 Å². The molecule has 0 aromatic heterocycles. The maximum Gasteiger partial charge on any atom is 0.223 e. The minimum atomic E-state index is 0.147. The first-order valence-corrected chi connectivity index (χ1v) is 5.84. The zero-order chi connectivity index (χ0) is 11.4. The lowest BCUT2D eigenvalue weighted by Gasteiger charge is -2.41. The molecule has 0 saturated carbocycles. The Bertz CT molecular complexity index is 242. The fourth-order valence-corrected chi connectivity index (χ4v) is 1.72. The van der Waals surface area contributed by atoms with Gasteiger partial charge in [0.15, 0.2) is 0 Å². The van der Waals surface area contributed by atoms with Crippen LogP contribution >= 0.6 is 0 Å². The van der Waals surface area contributed by atoms with Gasteiger partial charge in [-0.25, -0.2) is 0 Å². The summed E-state index contributed by atoms with van der Waals surface area (Å²) in [4.78, 5) is 24.5. The summed E-state index contributed by atoms with van der Waals surface area (Å²) < 4.78 is 0. The fraction of sp³-hybridized carbons (Fsp3) is 0.833. The average molecular weight is 211 g/mol. The van der Waals surface area contributed by atoms with Crippen molar-refractivity contribution in [1.82, 2.24) is 4.90 Å². The Hall–Kier alpha value is -0.860. The number of likely N-dealkylation sites (tertiary alicyclic amines) is 1. The van der Waals surface area contributed by atoms with Crippen molar-refractivity contribution < 1.29 is 9.59 Å². The zero-order valence-corrected chi connectivity index (χ0v) is 9.95. The summed E-state index contributed by atoms with van der Waals surface area (Å²) in [7, 11) is 0. The van der Waals surface area contributed by atoms with Crippen molar-refractivity contribution in [2.75, 3.05) is 13.1 Å². The highest BCUT2D eigenvalue weighted by Gasteiger charge is 2.31. The van der Waals surface area contributed by atoms with Gasteiger partial charge in [-0.15, -0.1) is 0 Å². The van der Waals surface area contributed by atoms with Crippen LogP contribution in [0.4, 0.5) is 0 Å². The smallest absolute Gasteiger partial charge is 0.223 e. The molecule has 0 radical (unpaired) electrons. The molecule has 15 heavy (non-hydrogen) atoms. The third-order valence-electron chi connectivity index (χ3n) is 3.22. The normalized spacial score (nSPS) is 16.7. The Balaban J connectivity index is 2.18. The Morgan fingerprint density at radius 3 is 2.33 bits per heavy atom. The predicted octanol–water partition coefficient (Wildman–Crippen LogP) is 1.86. The number of ketones is 1. The lowest BCUT2D eigenvalue weighted by atomic mass is 9.88. The van der Waals surface area contributed by atoms with Gasteiger partial charge in [-0.2, -0.15) is 0 Å². The number of carbonyl (C=O) groups excluding carboxylic acids is 2. The van der Waals surface area contributed by atoms with Gasteiger partial charge in [0.1, 0.15) is 5.78 Å². The van der Waals surface area contributed by atoms with Crippen LogP contribution in [-0.2, 0) is 9.59 Å². The summed E-state index contributed by atoms with van der Waals surface area (Å²) in [5, 5.41) is 0. The third-order valence-corrected chi connectivity index (χ3v) is 3.22. The van der Waals surface area contributed by atoms with E-state index in [4.69, 9.17) is 0 Å². The van der Waals surface area contributed by atoms with E-state index in [0.29, 0.717) is 31.1 Å². The maximum atomic E-state index is 11.6. The number of rotatable bonds is 5. The minimum Gasteiger partial charge on any atom is -0.342 e. The molecule has 1 amide bonds. The van der Waals surface area contributed by atoms with Crippen LogP contribution in [0, 0.1) is 11.8 Å². The first-order valence-electron chi connectivity index (χ1n) is 5.84. The van der Waals surface area contributed by atoms with Crippen LogP contribution in [0.25, 0.3) is 0 Å². The summed E-state index contributed by atoms with van der Waals surface area (Å²) >= 11 is 0. The van der Waals surface area contributed by atoms with E-state index in [1.54, 1.807) is 0 Å². The van der Waals surface area contributed by atoms with E-state index in [-0.39, 0.29) is 11.7 Å². The average Bonchev–Trinajstić information content (AvgIpc) is 2.11. The van der Waals surface area contributed by atoms with Gasteiger partial charge in [-0.1, -0.05) is 20.8 Å². The third kappa shape index (κ3) is 3.33. The van der Waals surface area contributed by atoms with Gasteiger partial charge in [-0.05, 0) is 11.8 Å². The molecule has 3 heteroatoms. The molecule has 0 N–H and O–H groups in total. The first-order chi connectivity index (χ1) is 7.04. The molecule has 0 aliphatic carbocycles. The molecule has 1 heterocycles. The zero-order valence-electron chi connectivity index (χ0n) is 9.95. The number of Topliss-reactive ketones (excluding diaryl/α,β-unsaturated/α-hetero) is 1. The van der Waals surface area contributed by atoms with Crippen LogP contribution in [0.5, 0.6) is 0 Å². The minimum absolute atomic E-state index is 0.147. The van der Waals surface area contributed by atoms with Crippen molar-refractivity contribution in [3.8, 4) is 0 Å². The monoisotopic (exact) mass is 211 g/mol. The number of nitrogens with zero attached hydrogens (tertiary/aromatic N) is 1. The number of amides is 1. The summed E-state index contributed by atoms with van der Waals surface area (Å²) in [6, 6.07) is 0. The van der Waals surface area contributed by atoms with Crippen molar-refractivity contribution in [2.45, 2.75) is 40.0 Å². The molecular formula is C12H21NO2. The fourth-order valence-electron chi connectivity index (χ4n) is 1.72. The van der Waals surface area contributed by atoms with Crippen molar-refractivity contribution in [3.63, 3.8) is 0 Å². The molecular weight excluding hydrogens is 190 g/mol. The predicted molar refractivity (Wildman–Crippen MR) is 59.4 cm³/mol. The molecule has 1 rings (SSSR count). The van der Waals surface area contributed by atoms with E-state index >= 15 is 0 Å². The topological polar surface area (TPSA) is 37.4 Å².